The summed E-state index contributed by atoms with van der Waals surface area (Å²) in [6.45, 7) is 14.0. The maximum Gasteiger partial charge on any atom is 0.0496 e. The molecule has 0 saturated carbocycles. The van der Waals surface area contributed by atoms with Crippen molar-refractivity contribution in [1.29, 1.82) is 0 Å². The van der Waals surface area contributed by atoms with Crippen LogP contribution in [-0.4, -0.2) is 68.1 Å². The Kier molecular flexibility index (Phi) is 6.17. The van der Waals surface area contributed by atoms with Gasteiger partial charge in [-0.05, 0) is 37.3 Å². The molecule has 26 heavy (non-hydrogen) atoms. The maximum atomic E-state index is 4.17. The zero-order valence-corrected chi connectivity index (χ0v) is 16.5. The zero-order valence-electron chi connectivity index (χ0n) is 16.5. The fourth-order valence-electron chi connectivity index (χ4n) is 3.53. The lowest BCUT2D eigenvalue weighted by molar-refractivity contribution is 0.157. The van der Waals surface area contributed by atoms with Crippen LogP contribution in [0.4, 0.5) is 5.69 Å². The summed E-state index contributed by atoms with van der Waals surface area (Å²) in [4.78, 5) is 9.61. The predicted molar refractivity (Wildman–Crippen MR) is 111 cm³/mol. The van der Waals surface area contributed by atoms with Gasteiger partial charge in [0.15, 0.2) is 0 Å². The first kappa shape index (κ1) is 18.7. The Bertz CT molecular complexity index is 683. The van der Waals surface area contributed by atoms with Crippen molar-refractivity contribution < 1.29 is 0 Å². The van der Waals surface area contributed by atoms with Crippen molar-refractivity contribution in [3.8, 4) is 0 Å². The molecule has 1 aromatic carbocycles. The van der Waals surface area contributed by atoms with Gasteiger partial charge in [0.05, 0.1) is 0 Å². The second-order valence-corrected chi connectivity index (χ2v) is 7.52. The molecule has 0 atom stereocenters. The van der Waals surface area contributed by atoms with Gasteiger partial charge in [0.1, 0.15) is 0 Å². The third-order valence-electron chi connectivity index (χ3n) is 5.36. The molecule has 1 fully saturated rings. The number of nitrogens with zero attached hydrogens (tertiary/aromatic N) is 4. The number of para-hydroxylation sites is 1. The molecule has 0 aromatic heterocycles. The van der Waals surface area contributed by atoms with Gasteiger partial charge in [0, 0.05) is 70.4 Å². The van der Waals surface area contributed by atoms with E-state index >= 15 is 0 Å². The number of benzene rings is 1. The average molecular weight is 353 g/mol. The average Bonchev–Trinajstić information content (AvgIpc) is 2.64. The maximum absolute atomic E-state index is 4.17. The van der Waals surface area contributed by atoms with Crippen molar-refractivity contribution in [3.63, 3.8) is 0 Å². The highest BCUT2D eigenvalue weighted by molar-refractivity contribution is 5.53. The molecule has 1 saturated heterocycles. The van der Waals surface area contributed by atoms with Crippen LogP contribution in [0.25, 0.3) is 0 Å². The standard InChI is InChI=1S/C22H32N4/c1-19-9-10-20(2)26(17-19)18-21-7-5-6-8-22(21)24(4)13-16-25-14-11-23(3)12-15-25/h5-10,17H,2,11-16,18H2,1,3-4H3. The van der Waals surface area contributed by atoms with Crippen molar-refractivity contribution in [2.75, 3.05) is 58.3 Å². The van der Waals surface area contributed by atoms with Gasteiger partial charge < -0.3 is 14.7 Å². The van der Waals surface area contributed by atoms with E-state index in [9.17, 15) is 0 Å². The zero-order chi connectivity index (χ0) is 18.5. The summed E-state index contributed by atoms with van der Waals surface area (Å²) in [5.74, 6) is 0. The quantitative estimate of drug-likeness (QED) is 0.780. The van der Waals surface area contributed by atoms with E-state index in [1.54, 1.807) is 0 Å². The number of piperazine rings is 1. The molecule has 0 amide bonds. The number of hydrogen-bond acceptors (Lipinski definition) is 4. The molecule has 2 heterocycles. The molecule has 0 bridgehead atoms. The smallest absolute Gasteiger partial charge is 0.0496 e. The van der Waals surface area contributed by atoms with E-state index in [2.05, 4.69) is 89.8 Å². The second kappa shape index (κ2) is 8.56. The molecule has 0 aliphatic carbocycles. The molecule has 0 N–H and O–H groups in total. The molecule has 2 aliphatic rings. The van der Waals surface area contributed by atoms with E-state index in [1.165, 1.54) is 43.0 Å². The van der Waals surface area contributed by atoms with E-state index in [0.29, 0.717) is 0 Å². The number of anilines is 1. The van der Waals surface area contributed by atoms with E-state index in [-0.39, 0.29) is 0 Å². The van der Waals surface area contributed by atoms with E-state index in [0.717, 1.165) is 25.3 Å². The Morgan fingerprint density at radius 2 is 1.81 bits per heavy atom. The van der Waals surface area contributed by atoms with Crippen LogP contribution in [0.5, 0.6) is 0 Å². The molecule has 3 rings (SSSR count). The first-order valence-corrected chi connectivity index (χ1v) is 9.55. The fourth-order valence-corrected chi connectivity index (χ4v) is 3.53. The summed E-state index contributed by atoms with van der Waals surface area (Å²) < 4.78 is 0. The van der Waals surface area contributed by atoms with Gasteiger partial charge in [0.25, 0.3) is 0 Å². The lowest BCUT2D eigenvalue weighted by Gasteiger charge is -2.34. The van der Waals surface area contributed by atoms with Crippen LogP contribution in [-0.2, 0) is 6.54 Å². The van der Waals surface area contributed by atoms with Crippen LogP contribution in [0.2, 0.25) is 0 Å². The second-order valence-electron chi connectivity index (χ2n) is 7.52. The van der Waals surface area contributed by atoms with Gasteiger partial charge in [0.2, 0.25) is 0 Å². The summed E-state index contributed by atoms with van der Waals surface area (Å²) in [6, 6.07) is 8.73. The molecule has 140 valence electrons. The van der Waals surface area contributed by atoms with Crippen molar-refractivity contribution in [3.05, 3.63) is 66.0 Å². The number of rotatable bonds is 6. The molecule has 4 nitrogen and oxygen atoms in total. The van der Waals surface area contributed by atoms with Crippen molar-refractivity contribution in [2.45, 2.75) is 13.5 Å². The van der Waals surface area contributed by atoms with Gasteiger partial charge in [-0.3, -0.25) is 4.90 Å². The van der Waals surface area contributed by atoms with Crippen LogP contribution in [0.1, 0.15) is 12.5 Å². The minimum atomic E-state index is 0.857. The number of hydrogen-bond donors (Lipinski definition) is 0. The molecule has 4 heteroatoms. The highest BCUT2D eigenvalue weighted by Gasteiger charge is 2.16. The van der Waals surface area contributed by atoms with Crippen LogP contribution in [0, 0.1) is 0 Å². The van der Waals surface area contributed by atoms with Crippen molar-refractivity contribution in [2.24, 2.45) is 0 Å². The Labute approximate surface area is 158 Å². The fraction of sp³-hybridized carbons (Fsp3) is 0.455. The first-order chi connectivity index (χ1) is 12.5. The predicted octanol–water partition coefficient (Wildman–Crippen LogP) is 3.16. The van der Waals surface area contributed by atoms with Gasteiger partial charge in [-0.1, -0.05) is 30.9 Å². The van der Waals surface area contributed by atoms with E-state index in [1.807, 2.05) is 0 Å². The Hall–Kier alpha value is -2.04. The highest BCUT2D eigenvalue weighted by Crippen LogP contribution is 2.24. The summed E-state index contributed by atoms with van der Waals surface area (Å²) in [5, 5.41) is 0. The lowest BCUT2D eigenvalue weighted by Crippen LogP contribution is -2.46. The lowest BCUT2D eigenvalue weighted by atomic mass is 10.1. The van der Waals surface area contributed by atoms with Crippen LogP contribution >= 0.6 is 0 Å². The largest absolute Gasteiger partial charge is 0.373 e. The first-order valence-electron chi connectivity index (χ1n) is 9.55. The number of allylic oxidation sites excluding steroid dienone is 3. The molecular formula is C22H32N4. The van der Waals surface area contributed by atoms with E-state index in [4.69, 9.17) is 0 Å². The van der Waals surface area contributed by atoms with Gasteiger partial charge in [-0.2, -0.15) is 0 Å². The molecule has 0 radical (unpaired) electrons. The van der Waals surface area contributed by atoms with Crippen molar-refractivity contribution in [1.82, 2.24) is 14.7 Å². The van der Waals surface area contributed by atoms with Crippen molar-refractivity contribution >= 4 is 5.69 Å². The number of likely N-dealkylation sites (N-methyl/N-ethyl adjacent to an activating group) is 2. The van der Waals surface area contributed by atoms with Crippen LogP contribution < -0.4 is 4.90 Å². The third kappa shape index (κ3) is 4.77. The Morgan fingerprint density at radius 3 is 2.58 bits per heavy atom. The SMILES string of the molecule is C=C1C=CC(C)=CN1Cc1ccccc1N(C)CCN1CCN(C)CC1. The van der Waals surface area contributed by atoms with Gasteiger partial charge in [-0.15, -0.1) is 0 Å². The molecular weight excluding hydrogens is 320 g/mol. The normalized spacial score (nSPS) is 19.0. The summed E-state index contributed by atoms with van der Waals surface area (Å²) in [6.07, 6.45) is 6.39. The summed E-state index contributed by atoms with van der Waals surface area (Å²) in [7, 11) is 4.42. The minimum Gasteiger partial charge on any atom is -0.373 e. The molecule has 2 aliphatic heterocycles. The van der Waals surface area contributed by atoms with Crippen LogP contribution in [0.3, 0.4) is 0 Å². The molecule has 0 spiro atoms. The topological polar surface area (TPSA) is 13.0 Å². The van der Waals surface area contributed by atoms with Crippen LogP contribution in [0.15, 0.2) is 60.5 Å². The Morgan fingerprint density at radius 1 is 1.08 bits per heavy atom. The Balaban J connectivity index is 1.63. The third-order valence-corrected chi connectivity index (χ3v) is 5.36. The summed E-state index contributed by atoms with van der Waals surface area (Å²) in [5.41, 5.74) is 4.97. The van der Waals surface area contributed by atoms with Gasteiger partial charge >= 0.3 is 0 Å². The monoisotopic (exact) mass is 352 g/mol. The molecule has 1 aromatic rings. The van der Waals surface area contributed by atoms with Gasteiger partial charge in [-0.25, -0.2) is 0 Å². The summed E-state index contributed by atoms with van der Waals surface area (Å²) >= 11 is 0. The minimum absolute atomic E-state index is 0.857. The molecule has 0 unspecified atom stereocenters. The highest BCUT2D eigenvalue weighted by atomic mass is 15.3. The van der Waals surface area contributed by atoms with E-state index < -0.39 is 0 Å².